The third kappa shape index (κ3) is 4.64. The van der Waals surface area contributed by atoms with Crippen LogP contribution in [0.5, 0.6) is 5.75 Å². The summed E-state index contributed by atoms with van der Waals surface area (Å²) in [7, 11) is 0. The largest absolute Gasteiger partial charge is 0.507 e. The third-order valence-corrected chi connectivity index (χ3v) is 5.52. The molecule has 0 saturated carbocycles. The molecule has 1 saturated heterocycles. The number of aliphatic hydroxyl groups is 1. The van der Waals surface area contributed by atoms with Gasteiger partial charge in [-0.2, -0.15) is 0 Å². The first kappa shape index (κ1) is 22.3. The summed E-state index contributed by atoms with van der Waals surface area (Å²) >= 11 is 0. The number of benzene rings is 2. The smallest absolute Gasteiger partial charge is 0.295 e. The molecule has 1 aliphatic rings. The summed E-state index contributed by atoms with van der Waals surface area (Å²) in [6, 6.07) is 11.5. The number of aromatic nitrogens is 2. The lowest BCUT2D eigenvalue weighted by Gasteiger charge is -2.25. The summed E-state index contributed by atoms with van der Waals surface area (Å²) in [5.74, 6) is -1.65. The standard InChI is InChI=1S/C25H24FN3O4/c1-2-33-20-6-3-5-18(15-20)23(30)21-22(17-7-9-19(26)10-8-17)29(25(32)24(21)31)13-4-12-28-14-11-27-16-28/h3,5-11,14-16,22,30H,2,4,12-13H2,1H3/b23-21+. The number of Topliss-reactive ketones (excluding diaryl/α,β-unsaturated/α-hetero) is 1. The minimum atomic E-state index is -0.830. The molecule has 0 aliphatic carbocycles. The number of likely N-dealkylation sites (tertiary alicyclic amines) is 1. The molecule has 170 valence electrons. The molecule has 2 heterocycles. The molecule has 1 unspecified atom stereocenters. The second kappa shape index (κ2) is 9.68. The minimum absolute atomic E-state index is 0.0251. The molecule has 3 aromatic rings. The average Bonchev–Trinajstić information content (AvgIpc) is 3.42. The van der Waals surface area contributed by atoms with Crippen molar-refractivity contribution in [2.24, 2.45) is 0 Å². The van der Waals surface area contributed by atoms with Gasteiger partial charge in [-0.05, 0) is 43.2 Å². The predicted molar refractivity (Wildman–Crippen MR) is 120 cm³/mol. The number of halogens is 1. The summed E-state index contributed by atoms with van der Waals surface area (Å²) in [5, 5.41) is 11.1. The van der Waals surface area contributed by atoms with E-state index < -0.39 is 23.5 Å². The van der Waals surface area contributed by atoms with Crippen molar-refractivity contribution in [3.05, 3.63) is 89.8 Å². The second-order valence-electron chi connectivity index (χ2n) is 7.66. The van der Waals surface area contributed by atoms with Gasteiger partial charge in [0, 0.05) is 31.0 Å². The van der Waals surface area contributed by atoms with E-state index in [1.807, 2.05) is 17.7 Å². The highest BCUT2D eigenvalue weighted by atomic mass is 19.1. The molecule has 33 heavy (non-hydrogen) atoms. The molecule has 1 aromatic heterocycles. The lowest BCUT2D eigenvalue weighted by Crippen LogP contribution is -2.31. The van der Waals surface area contributed by atoms with Crippen molar-refractivity contribution in [1.29, 1.82) is 0 Å². The average molecular weight is 449 g/mol. The van der Waals surface area contributed by atoms with E-state index in [0.717, 1.165) is 0 Å². The molecule has 0 spiro atoms. The zero-order valence-corrected chi connectivity index (χ0v) is 18.1. The molecule has 1 aliphatic heterocycles. The SMILES string of the molecule is CCOc1cccc(/C(O)=C2\C(=O)C(=O)N(CCCn3ccnc3)C2c2ccc(F)cc2)c1. The lowest BCUT2D eigenvalue weighted by molar-refractivity contribution is -0.139. The van der Waals surface area contributed by atoms with Gasteiger partial charge in [0.1, 0.15) is 17.3 Å². The predicted octanol–water partition coefficient (Wildman–Crippen LogP) is 3.93. The molecule has 4 rings (SSSR count). The third-order valence-electron chi connectivity index (χ3n) is 5.52. The van der Waals surface area contributed by atoms with Gasteiger partial charge in [-0.3, -0.25) is 9.59 Å². The number of ketones is 1. The monoisotopic (exact) mass is 449 g/mol. The first-order valence-corrected chi connectivity index (χ1v) is 10.7. The molecule has 0 bridgehead atoms. The molecule has 2 aromatic carbocycles. The molecule has 1 N–H and O–H groups in total. The van der Waals surface area contributed by atoms with Crippen molar-refractivity contribution in [2.75, 3.05) is 13.2 Å². The Morgan fingerprint density at radius 2 is 1.94 bits per heavy atom. The van der Waals surface area contributed by atoms with Gasteiger partial charge in [-0.25, -0.2) is 9.37 Å². The molecular weight excluding hydrogens is 425 g/mol. The van der Waals surface area contributed by atoms with Crippen LogP contribution in [0, 0.1) is 5.82 Å². The summed E-state index contributed by atoms with van der Waals surface area (Å²) in [4.78, 5) is 31.5. The van der Waals surface area contributed by atoms with Gasteiger partial charge >= 0.3 is 0 Å². The van der Waals surface area contributed by atoms with Crippen LogP contribution in [0.4, 0.5) is 4.39 Å². The Labute approximate surface area is 190 Å². The minimum Gasteiger partial charge on any atom is -0.507 e. The van der Waals surface area contributed by atoms with E-state index in [-0.39, 0.29) is 17.9 Å². The quantitative estimate of drug-likeness (QED) is 0.320. The summed E-state index contributed by atoms with van der Waals surface area (Å²) < 4.78 is 21.0. The molecule has 8 heteroatoms. The Bertz CT molecular complexity index is 1170. The van der Waals surface area contributed by atoms with Crippen molar-refractivity contribution in [3.8, 4) is 5.75 Å². The lowest BCUT2D eigenvalue weighted by atomic mass is 9.95. The van der Waals surface area contributed by atoms with E-state index in [1.165, 1.54) is 29.2 Å². The molecule has 1 amide bonds. The zero-order valence-electron chi connectivity index (χ0n) is 18.1. The van der Waals surface area contributed by atoms with E-state index in [2.05, 4.69) is 4.98 Å². The molecule has 0 radical (unpaired) electrons. The van der Waals surface area contributed by atoms with Crippen LogP contribution in [0.3, 0.4) is 0 Å². The van der Waals surface area contributed by atoms with Crippen LogP contribution in [-0.4, -0.2) is 44.4 Å². The number of rotatable bonds is 8. The van der Waals surface area contributed by atoms with E-state index in [1.54, 1.807) is 36.8 Å². The molecule has 1 fully saturated rings. The number of nitrogens with zero attached hydrogens (tertiary/aromatic N) is 3. The van der Waals surface area contributed by atoms with Crippen LogP contribution in [-0.2, 0) is 16.1 Å². The van der Waals surface area contributed by atoms with E-state index in [0.29, 0.717) is 36.4 Å². The number of carbonyl (C=O) groups excluding carboxylic acids is 2. The highest BCUT2D eigenvalue weighted by Crippen LogP contribution is 2.39. The maximum absolute atomic E-state index is 13.6. The topological polar surface area (TPSA) is 84.7 Å². The van der Waals surface area contributed by atoms with Crippen LogP contribution < -0.4 is 4.74 Å². The van der Waals surface area contributed by atoms with Crippen molar-refractivity contribution >= 4 is 17.4 Å². The fourth-order valence-corrected chi connectivity index (χ4v) is 4.00. The molecule has 7 nitrogen and oxygen atoms in total. The number of hydrogen-bond donors (Lipinski definition) is 1. The number of aliphatic hydroxyl groups excluding tert-OH is 1. The summed E-state index contributed by atoms with van der Waals surface area (Å²) in [6.07, 6.45) is 5.73. The Balaban J connectivity index is 1.73. The Morgan fingerprint density at radius 1 is 1.15 bits per heavy atom. The van der Waals surface area contributed by atoms with Gasteiger partial charge < -0.3 is 19.3 Å². The van der Waals surface area contributed by atoms with E-state index in [4.69, 9.17) is 4.74 Å². The first-order valence-electron chi connectivity index (χ1n) is 10.7. The zero-order chi connectivity index (χ0) is 23.4. The van der Waals surface area contributed by atoms with Crippen LogP contribution in [0.25, 0.3) is 5.76 Å². The van der Waals surface area contributed by atoms with Crippen LogP contribution >= 0.6 is 0 Å². The number of aryl methyl sites for hydroxylation is 1. The van der Waals surface area contributed by atoms with Gasteiger partial charge in [0.2, 0.25) is 0 Å². The fraction of sp³-hybridized carbons (Fsp3) is 0.240. The number of hydrogen-bond acceptors (Lipinski definition) is 5. The summed E-state index contributed by atoms with van der Waals surface area (Å²) in [5.41, 5.74) is 0.883. The van der Waals surface area contributed by atoms with Gasteiger partial charge in [-0.1, -0.05) is 24.3 Å². The number of imidazole rings is 1. The Hall–Kier alpha value is -3.94. The van der Waals surface area contributed by atoms with E-state index >= 15 is 0 Å². The van der Waals surface area contributed by atoms with Gasteiger partial charge in [0.25, 0.3) is 11.7 Å². The van der Waals surface area contributed by atoms with Crippen molar-refractivity contribution < 1.29 is 23.8 Å². The Morgan fingerprint density at radius 3 is 2.64 bits per heavy atom. The summed E-state index contributed by atoms with van der Waals surface area (Å²) in [6.45, 7) is 3.17. The van der Waals surface area contributed by atoms with Crippen molar-refractivity contribution in [1.82, 2.24) is 14.5 Å². The highest BCUT2D eigenvalue weighted by Gasteiger charge is 2.45. The van der Waals surface area contributed by atoms with Gasteiger partial charge in [-0.15, -0.1) is 0 Å². The normalized spacial score (nSPS) is 17.5. The highest BCUT2D eigenvalue weighted by molar-refractivity contribution is 6.46. The maximum Gasteiger partial charge on any atom is 0.295 e. The van der Waals surface area contributed by atoms with Crippen LogP contribution in [0.15, 0.2) is 72.8 Å². The Kier molecular flexibility index (Phi) is 6.53. The number of carbonyl (C=O) groups is 2. The van der Waals surface area contributed by atoms with Crippen LogP contribution in [0.2, 0.25) is 0 Å². The van der Waals surface area contributed by atoms with Gasteiger partial charge in [0.15, 0.2) is 0 Å². The van der Waals surface area contributed by atoms with Crippen LogP contribution in [0.1, 0.15) is 30.5 Å². The van der Waals surface area contributed by atoms with E-state index in [9.17, 15) is 19.1 Å². The van der Waals surface area contributed by atoms with Gasteiger partial charge in [0.05, 0.1) is 24.5 Å². The number of ether oxygens (including phenoxy) is 1. The van der Waals surface area contributed by atoms with Crippen molar-refractivity contribution in [2.45, 2.75) is 25.9 Å². The fourth-order valence-electron chi connectivity index (χ4n) is 4.00. The molecular formula is C25H24FN3O4. The van der Waals surface area contributed by atoms with Crippen molar-refractivity contribution in [3.63, 3.8) is 0 Å². The maximum atomic E-state index is 13.6. The second-order valence-corrected chi connectivity index (χ2v) is 7.66. The number of amides is 1. The first-order chi connectivity index (χ1) is 16.0. The molecule has 1 atom stereocenters.